The SMILES string of the molecule is O=C(NCC(F)(F)CO)c1cccc(Br)c1Cl. The van der Waals surface area contributed by atoms with Gasteiger partial charge in [-0.3, -0.25) is 4.79 Å². The molecule has 0 atom stereocenters. The van der Waals surface area contributed by atoms with E-state index >= 15 is 0 Å². The van der Waals surface area contributed by atoms with Crippen LogP contribution in [0.4, 0.5) is 8.78 Å². The molecule has 0 aromatic heterocycles. The summed E-state index contributed by atoms with van der Waals surface area (Å²) in [5.74, 6) is -4.06. The average Bonchev–Trinajstić information content (AvgIpc) is 2.30. The number of nitrogens with one attached hydrogen (secondary N) is 1. The molecule has 1 amide bonds. The van der Waals surface area contributed by atoms with Gasteiger partial charge in [0.1, 0.15) is 6.61 Å². The van der Waals surface area contributed by atoms with Gasteiger partial charge in [0.05, 0.1) is 17.1 Å². The molecule has 0 bridgehead atoms. The van der Waals surface area contributed by atoms with E-state index in [2.05, 4.69) is 15.9 Å². The number of carbonyl (C=O) groups excluding carboxylic acids is 1. The second kappa shape index (κ2) is 5.75. The summed E-state index contributed by atoms with van der Waals surface area (Å²) in [6.45, 7) is -2.26. The summed E-state index contributed by atoms with van der Waals surface area (Å²) < 4.78 is 25.9. The topological polar surface area (TPSA) is 49.3 Å². The molecule has 17 heavy (non-hydrogen) atoms. The molecule has 0 saturated carbocycles. The largest absolute Gasteiger partial charge is 0.390 e. The first-order valence-electron chi connectivity index (χ1n) is 4.58. The van der Waals surface area contributed by atoms with Gasteiger partial charge in [0.15, 0.2) is 0 Å². The highest BCUT2D eigenvalue weighted by Crippen LogP contribution is 2.25. The minimum absolute atomic E-state index is 0.0924. The predicted molar refractivity (Wildman–Crippen MR) is 63.5 cm³/mol. The number of amides is 1. The summed E-state index contributed by atoms with van der Waals surface area (Å²) in [5, 5.41) is 10.5. The molecule has 94 valence electrons. The smallest absolute Gasteiger partial charge is 0.287 e. The summed E-state index contributed by atoms with van der Waals surface area (Å²) in [6, 6.07) is 4.61. The van der Waals surface area contributed by atoms with Crippen LogP contribution < -0.4 is 5.32 Å². The zero-order chi connectivity index (χ0) is 13.1. The number of hydrogen-bond acceptors (Lipinski definition) is 2. The van der Waals surface area contributed by atoms with Crippen molar-refractivity contribution in [1.29, 1.82) is 0 Å². The van der Waals surface area contributed by atoms with Crippen molar-refractivity contribution in [3.05, 3.63) is 33.3 Å². The van der Waals surface area contributed by atoms with E-state index in [0.717, 1.165) is 0 Å². The lowest BCUT2D eigenvalue weighted by Crippen LogP contribution is -2.39. The van der Waals surface area contributed by atoms with Crippen molar-refractivity contribution in [2.75, 3.05) is 13.2 Å². The standard InChI is InChI=1S/C10H9BrClF2NO2/c11-7-3-1-2-6(8(7)12)9(17)15-4-10(13,14)5-16/h1-3,16H,4-5H2,(H,15,17). The Bertz CT molecular complexity index is 429. The zero-order valence-electron chi connectivity index (χ0n) is 8.51. The van der Waals surface area contributed by atoms with Gasteiger partial charge in [0, 0.05) is 4.47 Å². The Labute approximate surface area is 110 Å². The van der Waals surface area contributed by atoms with Crippen LogP contribution in [0.15, 0.2) is 22.7 Å². The van der Waals surface area contributed by atoms with Crippen LogP contribution in [0.2, 0.25) is 5.02 Å². The molecule has 0 unspecified atom stereocenters. The molecule has 0 aliphatic heterocycles. The molecule has 0 spiro atoms. The minimum atomic E-state index is -3.34. The lowest BCUT2D eigenvalue weighted by atomic mass is 10.2. The van der Waals surface area contributed by atoms with Gasteiger partial charge in [-0.15, -0.1) is 0 Å². The summed E-state index contributed by atoms with van der Waals surface area (Å²) in [6.07, 6.45) is 0. The van der Waals surface area contributed by atoms with Crippen LogP contribution in [-0.2, 0) is 0 Å². The molecule has 0 saturated heterocycles. The van der Waals surface area contributed by atoms with Crippen molar-refractivity contribution < 1.29 is 18.7 Å². The molecular weight excluding hydrogens is 319 g/mol. The number of halogens is 4. The second-order valence-electron chi connectivity index (χ2n) is 3.30. The molecule has 1 aromatic rings. The number of hydrogen-bond donors (Lipinski definition) is 2. The van der Waals surface area contributed by atoms with Crippen LogP contribution in [0, 0.1) is 0 Å². The van der Waals surface area contributed by atoms with Gasteiger partial charge in [0.25, 0.3) is 11.8 Å². The Morgan fingerprint density at radius 2 is 2.18 bits per heavy atom. The van der Waals surface area contributed by atoms with E-state index in [4.69, 9.17) is 16.7 Å². The van der Waals surface area contributed by atoms with E-state index in [1.54, 1.807) is 12.1 Å². The highest BCUT2D eigenvalue weighted by Gasteiger charge is 2.28. The molecule has 1 aromatic carbocycles. The van der Waals surface area contributed by atoms with Crippen LogP contribution >= 0.6 is 27.5 Å². The van der Waals surface area contributed by atoms with E-state index in [9.17, 15) is 13.6 Å². The minimum Gasteiger partial charge on any atom is -0.390 e. The second-order valence-corrected chi connectivity index (χ2v) is 4.53. The van der Waals surface area contributed by atoms with Crippen LogP contribution in [0.3, 0.4) is 0 Å². The van der Waals surface area contributed by atoms with E-state index < -0.39 is 25.0 Å². The Morgan fingerprint density at radius 1 is 1.53 bits per heavy atom. The maximum Gasteiger partial charge on any atom is 0.287 e. The fraction of sp³-hybridized carbons (Fsp3) is 0.300. The van der Waals surface area contributed by atoms with Gasteiger partial charge < -0.3 is 10.4 Å². The first kappa shape index (κ1) is 14.3. The monoisotopic (exact) mass is 327 g/mol. The number of carbonyl (C=O) groups is 1. The first-order valence-corrected chi connectivity index (χ1v) is 5.75. The molecule has 0 heterocycles. The summed E-state index contributed by atoms with van der Waals surface area (Å²) in [7, 11) is 0. The van der Waals surface area contributed by atoms with E-state index in [1.165, 1.54) is 6.07 Å². The summed E-state index contributed by atoms with van der Waals surface area (Å²) >= 11 is 8.95. The number of aliphatic hydroxyl groups is 1. The highest BCUT2D eigenvalue weighted by molar-refractivity contribution is 9.10. The average molecular weight is 329 g/mol. The van der Waals surface area contributed by atoms with Crippen LogP contribution in [0.1, 0.15) is 10.4 Å². The van der Waals surface area contributed by atoms with Crippen molar-refractivity contribution >= 4 is 33.4 Å². The third kappa shape index (κ3) is 3.90. The Kier molecular flexibility index (Phi) is 4.85. The first-order chi connectivity index (χ1) is 7.87. The number of aliphatic hydroxyl groups excluding tert-OH is 1. The van der Waals surface area contributed by atoms with E-state index in [-0.39, 0.29) is 10.6 Å². The third-order valence-electron chi connectivity index (χ3n) is 1.94. The molecule has 2 N–H and O–H groups in total. The Hall–Kier alpha value is -0.720. The molecule has 3 nitrogen and oxygen atoms in total. The van der Waals surface area contributed by atoms with Gasteiger partial charge in [0.2, 0.25) is 0 Å². The van der Waals surface area contributed by atoms with Crippen molar-refractivity contribution in [2.24, 2.45) is 0 Å². The van der Waals surface area contributed by atoms with Crippen LogP contribution in [0.5, 0.6) is 0 Å². The molecule has 0 radical (unpaired) electrons. The molecule has 0 aliphatic rings. The number of alkyl halides is 2. The Balaban J connectivity index is 2.74. The normalized spacial score (nSPS) is 11.4. The molecular formula is C10H9BrClF2NO2. The van der Waals surface area contributed by atoms with Gasteiger partial charge in [-0.2, -0.15) is 0 Å². The van der Waals surface area contributed by atoms with Crippen molar-refractivity contribution in [2.45, 2.75) is 5.92 Å². The zero-order valence-corrected chi connectivity index (χ0v) is 10.9. The molecule has 0 fully saturated rings. The summed E-state index contributed by atoms with van der Waals surface area (Å²) in [5.41, 5.74) is 0.0924. The quantitative estimate of drug-likeness (QED) is 0.892. The van der Waals surface area contributed by atoms with Gasteiger partial charge in [-0.05, 0) is 28.1 Å². The van der Waals surface area contributed by atoms with Gasteiger partial charge in [-0.25, -0.2) is 8.78 Å². The van der Waals surface area contributed by atoms with Crippen molar-refractivity contribution in [1.82, 2.24) is 5.32 Å². The predicted octanol–water partition coefficient (Wildman–Crippen LogP) is 2.46. The number of rotatable bonds is 4. The fourth-order valence-corrected chi connectivity index (χ4v) is 1.62. The molecule has 1 rings (SSSR count). The number of benzene rings is 1. The molecule has 0 aliphatic carbocycles. The summed E-state index contributed by atoms with van der Waals surface area (Å²) in [4.78, 5) is 11.5. The highest BCUT2D eigenvalue weighted by atomic mass is 79.9. The lowest BCUT2D eigenvalue weighted by molar-refractivity contribution is -0.0462. The van der Waals surface area contributed by atoms with Gasteiger partial charge >= 0.3 is 0 Å². The lowest BCUT2D eigenvalue weighted by Gasteiger charge is -2.14. The van der Waals surface area contributed by atoms with Crippen molar-refractivity contribution in [3.8, 4) is 0 Å². The Morgan fingerprint density at radius 3 is 2.76 bits per heavy atom. The van der Waals surface area contributed by atoms with E-state index in [1.807, 2.05) is 5.32 Å². The third-order valence-corrected chi connectivity index (χ3v) is 3.23. The van der Waals surface area contributed by atoms with Gasteiger partial charge in [-0.1, -0.05) is 17.7 Å². The maximum absolute atomic E-state index is 12.7. The van der Waals surface area contributed by atoms with Crippen LogP contribution in [-0.4, -0.2) is 30.1 Å². The van der Waals surface area contributed by atoms with Crippen molar-refractivity contribution in [3.63, 3.8) is 0 Å². The van der Waals surface area contributed by atoms with E-state index in [0.29, 0.717) is 4.47 Å². The molecule has 7 heteroatoms. The maximum atomic E-state index is 12.7. The fourth-order valence-electron chi connectivity index (χ4n) is 1.04. The van der Waals surface area contributed by atoms with Crippen LogP contribution in [0.25, 0.3) is 0 Å².